The van der Waals surface area contributed by atoms with E-state index in [-0.39, 0.29) is 25.0 Å². The van der Waals surface area contributed by atoms with Gasteiger partial charge in [0, 0.05) is 30.9 Å². The standard InChI is InChI=1S/C27H26N4O3/c1-30(26(33)17-28-25(32)20-34-24-15-9-4-10-16-24)18-22-19-31(23-13-7-3-8-14-23)29-27(22)21-11-5-2-6-12-21/h2-16,19H,17-18,20H2,1H3,(H,28,32). The fourth-order valence-electron chi connectivity index (χ4n) is 3.45. The molecular weight excluding hydrogens is 428 g/mol. The van der Waals surface area contributed by atoms with Crippen molar-refractivity contribution in [1.29, 1.82) is 0 Å². The first kappa shape index (κ1) is 22.8. The zero-order valence-corrected chi connectivity index (χ0v) is 18.9. The summed E-state index contributed by atoms with van der Waals surface area (Å²) in [6.07, 6.45) is 1.94. The number of carbonyl (C=O) groups excluding carboxylic acids is 2. The minimum Gasteiger partial charge on any atom is -0.484 e. The number of hydrogen-bond acceptors (Lipinski definition) is 4. The van der Waals surface area contributed by atoms with Crippen molar-refractivity contribution in [2.45, 2.75) is 6.54 Å². The van der Waals surface area contributed by atoms with E-state index in [1.807, 2.05) is 89.7 Å². The molecule has 1 aromatic heterocycles. The average molecular weight is 455 g/mol. The van der Waals surface area contributed by atoms with Crippen molar-refractivity contribution in [2.75, 3.05) is 20.2 Å². The summed E-state index contributed by atoms with van der Waals surface area (Å²) >= 11 is 0. The lowest BCUT2D eigenvalue weighted by molar-refractivity contribution is -0.132. The maximum absolute atomic E-state index is 12.7. The molecule has 34 heavy (non-hydrogen) atoms. The Balaban J connectivity index is 1.40. The van der Waals surface area contributed by atoms with Crippen molar-refractivity contribution < 1.29 is 14.3 Å². The highest BCUT2D eigenvalue weighted by molar-refractivity contribution is 5.85. The van der Waals surface area contributed by atoms with E-state index in [0.29, 0.717) is 12.3 Å². The molecule has 0 radical (unpaired) electrons. The van der Waals surface area contributed by atoms with Gasteiger partial charge < -0.3 is 15.0 Å². The Labute approximate surface area is 198 Å². The Morgan fingerprint density at radius 1 is 0.912 bits per heavy atom. The maximum Gasteiger partial charge on any atom is 0.258 e. The molecule has 4 rings (SSSR count). The molecule has 0 unspecified atom stereocenters. The second-order valence-corrected chi connectivity index (χ2v) is 7.78. The molecule has 4 aromatic rings. The smallest absolute Gasteiger partial charge is 0.258 e. The molecule has 0 saturated heterocycles. The van der Waals surface area contributed by atoms with Crippen LogP contribution in [0.5, 0.6) is 5.75 Å². The summed E-state index contributed by atoms with van der Waals surface area (Å²) in [5.74, 6) is 0.0389. The molecule has 0 fully saturated rings. The summed E-state index contributed by atoms with van der Waals surface area (Å²) < 4.78 is 7.24. The molecule has 0 saturated carbocycles. The van der Waals surface area contributed by atoms with Crippen LogP contribution in [-0.2, 0) is 16.1 Å². The first-order valence-corrected chi connectivity index (χ1v) is 11.0. The van der Waals surface area contributed by atoms with Crippen molar-refractivity contribution in [1.82, 2.24) is 20.0 Å². The van der Waals surface area contributed by atoms with Gasteiger partial charge in [0.25, 0.3) is 5.91 Å². The molecule has 2 amide bonds. The van der Waals surface area contributed by atoms with E-state index in [2.05, 4.69) is 5.32 Å². The topological polar surface area (TPSA) is 76.5 Å². The van der Waals surface area contributed by atoms with Gasteiger partial charge in [-0.1, -0.05) is 66.7 Å². The minimum absolute atomic E-state index is 0.110. The van der Waals surface area contributed by atoms with Crippen molar-refractivity contribution in [3.63, 3.8) is 0 Å². The van der Waals surface area contributed by atoms with Crippen molar-refractivity contribution in [3.8, 4) is 22.7 Å². The lowest BCUT2D eigenvalue weighted by atomic mass is 10.1. The summed E-state index contributed by atoms with van der Waals surface area (Å²) in [6.45, 7) is 0.0935. The van der Waals surface area contributed by atoms with E-state index in [9.17, 15) is 9.59 Å². The predicted octanol–water partition coefficient (Wildman–Crippen LogP) is 3.69. The summed E-state index contributed by atoms with van der Waals surface area (Å²) in [7, 11) is 1.71. The first-order chi connectivity index (χ1) is 16.6. The van der Waals surface area contributed by atoms with E-state index in [4.69, 9.17) is 9.84 Å². The molecule has 0 aliphatic rings. The van der Waals surface area contributed by atoms with Crippen LogP contribution in [0, 0.1) is 0 Å². The number of benzene rings is 3. The Bertz CT molecular complexity index is 1220. The highest BCUT2D eigenvalue weighted by atomic mass is 16.5. The number of nitrogens with zero attached hydrogens (tertiary/aromatic N) is 3. The van der Waals surface area contributed by atoms with Gasteiger partial charge in [0.1, 0.15) is 5.75 Å². The number of likely N-dealkylation sites (N-methyl/N-ethyl adjacent to an activating group) is 1. The quantitative estimate of drug-likeness (QED) is 0.419. The summed E-state index contributed by atoms with van der Waals surface area (Å²) in [5.41, 5.74) is 3.62. The van der Waals surface area contributed by atoms with Gasteiger partial charge >= 0.3 is 0 Å². The molecule has 7 heteroatoms. The third kappa shape index (κ3) is 5.89. The van der Waals surface area contributed by atoms with Gasteiger partial charge in [-0.15, -0.1) is 0 Å². The zero-order valence-electron chi connectivity index (χ0n) is 18.9. The van der Waals surface area contributed by atoms with E-state index < -0.39 is 0 Å². The fraction of sp³-hybridized carbons (Fsp3) is 0.148. The summed E-state index contributed by atoms with van der Waals surface area (Å²) in [5, 5.41) is 7.40. The number of carbonyl (C=O) groups is 2. The molecule has 0 atom stereocenters. The van der Waals surface area contributed by atoms with E-state index in [1.54, 1.807) is 24.1 Å². The largest absolute Gasteiger partial charge is 0.484 e. The third-order valence-corrected chi connectivity index (χ3v) is 5.24. The van der Waals surface area contributed by atoms with Crippen LogP contribution in [0.4, 0.5) is 0 Å². The van der Waals surface area contributed by atoms with Gasteiger partial charge in [-0.2, -0.15) is 5.10 Å². The van der Waals surface area contributed by atoms with E-state index in [0.717, 1.165) is 22.5 Å². The van der Waals surface area contributed by atoms with Crippen LogP contribution in [-0.4, -0.2) is 46.7 Å². The number of para-hydroxylation sites is 2. The number of hydrogen-bond donors (Lipinski definition) is 1. The molecule has 1 heterocycles. The van der Waals surface area contributed by atoms with Crippen LogP contribution in [0.25, 0.3) is 16.9 Å². The minimum atomic E-state index is -0.354. The van der Waals surface area contributed by atoms with Gasteiger partial charge in [-0.3, -0.25) is 9.59 Å². The number of amides is 2. The molecule has 0 bridgehead atoms. The number of ether oxygens (including phenoxy) is 1. The fourth-order valence-corrected chi connectivity index (χ4v) is 3.45. The lowest BCUT2D eigenvalue weighted by Gasteiger charge is -2.17. The third-order valence-electron chi connectivity index (χ3n) is 5.24. The van der Waals surface area contributed by atoms with Gasteiger partial charge in [0.2, 0.25) is 5.91 Å². The van der Waals surface area contributed by atoms with E-state index in [1.165, 1.54) is 0 Å². The van der Waals surface area contributed by atoms with Gasteiger partial charge in [-0.05, 0) is 24.3 Å². The van der Waals surface area contributed by atoms with Crippen LogP contribution >= 0.6 is 0 Å². The summed E-state index contributed by atoms with van der Waals surface area (Å²) in [6, 6.07) is 28.8. The molecule has 1 N–H and O–H groups in total. The molecular formula is C27H26N4O3. The highest BCUT2D eigenvalue weighted by Crippen LogP contribution is 2.24. The Hall–Kier alpha value is -4.39. The molecule has 7 nitrogen and oxygen atoms in total. The summed E-state index contributed by atoms with van der Waals surface area (Å²) in [4.78, 5) is 26.4. The molecule has 172 valence electrons. The molecule has 0 aliphatic heterocycles. The van der Waals surface area contributed by atoms with Crippen LogP contribution in [0.15, 0.2) is 97.2 Å². The van der Waals surface area contributed by atoms with Crippen molar-refractivity contribution in [3.05, 3.63) is 103 Å². The van der Waals surface area contributed by atoms with Crippen molar-refractivity contribution >= 4 is 11.8 Å². The monoisotopic (exact) mass is 454 g/mol. The van der Waals surface area contributed by atoms with Gasteiger partial charge in [-0.25, -0.2) is 4.68 Å². The second-order valence-electron chi connectivity index (χ2n) is 7.78. The molecule has 0 spiro atoms. The van der Waals surface area contributed by atoms with Crippen LogP contribution in [0.3, 0.4) is 0 Å². The van der Waals surface area contributed by atoms with Gasteiger partial charge in [0.05, 0.1) is 17.9 Å². The predicted molar refractivity (Wildman–Crippen MR) is 130 cm³/mol. The number of rotatable bonds is 9. The Morgan fingerprint density at radius 2 is 1.53 bits per heavy atom. The normalized spacial score (nSPS) is 10.5. The van der Waals surface area contributed by atoms with Crippen LogP contribution in [0.1, 0.15) is 5.56 Å². The van der Waals surface area contributed by atoms with E-state index >= 15 is 0 Å². The molecule has 3 aromatic carbocycles. The number of aromatic nitrogens is 2. The Morgan fingerprint density at radius 3 is 2.21 bits per heavy atom. The lowest BCUT2D eigenvalue weighted by Crippen LogP contribution is -2.39. The number of nitrogens with one attached hydrogen (secondary N) is 1. The highest BCUT2D eigenvalue weighted by Gasteiger charge is 2.17. The first-order valence-electron chi connectivity index (χ1n) is 11.0. The van der Waals surface area contributed by atoms with Crippen LogP contribution < -0.4 is 10.1 Å². The zero-order chi connectivity index (χ0) is 23.8. The average Bonchev–Trinajstić information content (AvgIpc) is 3.31. The van der Waals surface area contributed by atoms with Gasteiger partial charge in [0.15, 0.2) is 6.61 Å². The molecule has 0 aliphatic carbocycles. The van der Waals surface area contributed by atoms with Crippen molar-refractivity contribution in [2.24, 2.45) is 0 Å². The SMILES string of the molecule is CN(Cc1cn(-c2ccccc2)nc1-c1ccccc1)C(=O)CNC(=O)COc1ccccc1. The van der Waals surface area contributed by atoms with Crippen LogP contribution in [0.2, 0.25) is 0 Å². The second kappa shape index (κ2) is 11.0. The maximum atomic E-state index is 12.7. The Kier molecular flexibility index (Phi) is 7.35.